The SMILES string of the molecule is CC(=O)N1CCSC(CC(=O)Nc2ccccc2)=C1CCl. The van der Waals surface area contributed by atoms with Crippen LogP contribution in [0.25, 0.3) is 0 Å². The maximum atomic E-state index is 12.1. The van der Waals surface area contributed by atoms with Crippen LogP contribution in [-0.4, -0.2) is 34.9 Å². The number of para-hydroxylation sites is 1. The summed E-state index contributed by atoms with van der Waals surface area (Å²) in [6.07, 6.45) is 0.241. The predicted molar refractivity (Wildman–Crippen MR) is 87.3 cm³/mol. The highest BCUT2D eigenvalue weighted by Crippen LogP contribution is 2.31. The lowest BCUT2D eigenvalue weighted by atomic mass is 10.2. The van der Waals surface area contributed by atoms with Gasteiger partial charge in [-0.05, 0) is 12.1 Å². The molecule has 0 bridgehead atoms. The molecule has 1 aromatic rings. The number of anilines is 1. The summed E-state index contributed by atoms with van der Waals surface area (Å²) < 4.78 is 0. The molecule has 0 aromatic heterocycles. The Morgan fingerprint density at radius 1 is 1.33 bits per heavy atom. The number of nitrogens with zero attached hydrogens (tertiary/aromatic N) is 1. The summed E-state index contributed by atoms with van der Waals surface area (Å²) in [5, 5.41) is 2.84. The maximum Gasteiger partial charge on any atom is 0.229 e. The van der Waals surface area contributed by atoms with Gasteiger partial charge in [-0.2, -0.15) is 0 Å². The number of allylic oxidation sites excluding steroid dienone is 1. The van der Waals surface area contributed by atoms with E-state index in [1.54, 1.807) is 16.7 Å². The zero-order chi connectivity index (χ0) is 15.2. The Hall–Kier alpha value is -1.46. The van der Waals surface area contributed by atoms with Crippen LogP contribution < -0.4 is 5.32 Å². The molecule has 4 nitrogen and oxygen atoms in total. The fourth-order valence-corrected chi connectivity index (χ4v) is 3.64. The van der Waals surface area contributed by atoms with Crippen LogP contribution in [0.15, 0.2) is 40.9 Å². The molecule has 1 N–H and O–H groups in total. The molecule has 1 heterocycles. The van der Waals surface area contributed by atoms with Gasteiger partial charge in [-0.15, -0.1) is 23.4 Å². The second-order valence-electron chi connectivity index (χ2n) is 4.61. The van der Waals surface area contributed by atoms with Crippen molar-refractivity contribution in [3.05, 3.63) is 40.9 Å². The molecule has 0 saturated carbocycles. The minimum atomic E-state index is -0.100. The number of hydrogen-bond donors (Lipinski definition) is 1. The zero-order valence-corrected chi connectivity index (χ0v) is 13.3. The number of nitrogens with one attached hydrogen (secondary N) is 1. The van der Waals surface area contributed by atoms with E-state index >= 15 is 0 Å². The topological polar surface area (TPSA) is 49.4 Å². The fourth-order valence-electron chi connectivity index (χ4n) is 2.15. The number of thioether (sulfide) groups is 1. The molecule has 0 saturated heterocycles. The zero-order valence-electron chi connectivity index (χ0n) is 11.8. The van der Waals surface area contributed by atoms with Gasteiger partial charge in [0.1, 0.15) is 0 Å². The second-order valence-corrected chi connectivity index (χ2v) is 6.07. The van der Waals surface area contributed by atoms with Crippen molar-refractivity contribution in [3.63, 3.8) is 0 Å². The third kappa shape index (κ3) is 4.25. The molecule has 6 heteroatoms. The molecule has 0 spiro atoms. The third-order valence-electron chi connectivity index (χ3n) is 3.12. The number of hydrogen-bond acceptors (Lipinski definition) is 3. The van der Waals surface area contributed by atoms with E-state index < -0.39 is 0 Å². The number of rotatable bonds is 4. The van der Waals surface area contributed by atoms with Crippen molar-refractivity contribution in [1.29, 1.82) is 0 Å². The maximum absolute atomic E-state index is 12.1. The van der Waals surface area contributed by atoms with Crippen LogP contribution in [0.2, 0.25) is 0 Å². The number of amides is 2. The van der Waals surface area contributed by atoms with Crippen molar-refractivity contribution >= 4 is 40.9 Å². The Morgan fingerprint density at radius 2 is 2.05 bits per heavy atom. The summed E-state index contributed by atoms with van der Waals surface area (Å²) in [6.45, 7) is 2.16. The lowest BCUT2D eigenvalue weighted by molar-refractivity contribution is -0.126. The second kappa shape index (κ2) is 7.52. The van der Waals surface area contributed by atoms with E-state index in [0.29, 0.717) is 6.54 Å². The summed E-state index contributed by atoms with van der Waals surface area (Å²) in [7, 11) is 0. The van der Waals surface area contributed by atoms with Crippen LogP contribution in [0.3, 0.4) is 0 Å². The van der Waals surface area contributed by atoms with Crippen LogP contribution in [0.1, 0.15) is 13.3 Å². The Labute approximate surface area is 133 Å². The minimum absolute atomic E-state index is 0.0353. The largest absolute Gasteiger partial charge is 0.326 e. The molecule has 0 atom stereocenters. The highest BCUT2D eigenvalue weighted by atomic mass is 35.5. The minimum Gasteiger partial charge on any atom is -0.326 e. The standard InChI is InChI=1S/C15H17ClN2O2S/c1-11(19)18-7-8-21-14(13(18)10-16)9-15(20)17-12-5-3-2-4-6-12/h2-6H,7-10H2,1H3,(H,17,20). The summed E-state index contributed by atoms with van der Waals surface area (Å²) in [6, 6.07) is 9.30. The molecule has 1 aromatic carbocycles. The van der Waals surface area contributed by atoms with Crippen LogP contribution >= 0.6 is 23.4 Å². The molecule has 21 heavy (non-hydrogen) atoms. The van der Waals surface area contributed by atoms with Crippen LogP contribution in [-0.2, 0) is 9.59 Å². The van der Waals surface area contributed by atoms with Gasteiger partial charge in [0.05, 0.1) is 12.3 Å². The Bertz CT molecular complexity index is 560. The van der Waals surface area contributed by atoms with Crippen molar-refractivity contribution < 1.29 is 9.59 Å². The van der Waals surface area contributed by atoms with Crippen molar-refractivity contribution in [3.8, 4) is 0 Å². The van der Waals surface area contributed by atoms with Crippen molar-refractivity contribution in [2.45, 2.75) is 13.3 Å². The highest BCUT2D eigenvalue weighted by Gasteiger charge is 2.24. The molecular weight excluding hydrogens is 308 g/mol. The third-order valence-corrected chi connectivity index (χ3v) is 4.49. The lowest BCUT2D eigenvalue weighted by Crippen LogP contribution is -2.35. The monoisotopic (exact) mass is 324 g/mol. The van der Waals surface area contributed by atoms with Gasteiger partial charge in [-0.3, -0.25) is 9.59 Å². The summed E-state index contributed by atoms with van der Waals surface area (Å²) >= 11 is 7.56. The number of carbonyl (C=O) groups is 2. The molecule has 0 fully saturated rings. The molecule has 1 aliphatic rings. The first-order chi connectivity index (χ1) is 10.1. The molecule has 2 amide bonds. The van der Waals surface area contributed by atoms with E-state index in [4.69, 9.17) is 11.6 Å². The normalized spacial score (nSPS) is 15.0. The lowest BCUT2D eigenvalue weighted by Gasteiger charge is -2.30. The first kappa shape index (κ1) is 15.9. The van der Waals surface area contributed by atoms with Gasteiger partial charge in [0.2, 0.25) is 11.8 Å². The van der Waals surface area contributed by atoms with Crippen LogP contribution in [0.5, 0.6) is 0 Å². The van der Waals surface area contributed by atoms with Gasteiger partial charge in [0.25, 0.3) is 0 Å². The van der Waals surface area contributed by atoms with E-state index in [9.17, 15) is 9.59 Å². The van der Waals surface area contributed by atoms with Gasteiger partial charge in [-0.1, -0.05) is 18.2 Å². The average molecular weight is 325 g/mol. The van der Waals surface area contributed by atoms with Gasteiger partial charge in [0.15, 0.2) is 0 Å². The Kier molecular flexibility index (Phi) is 5.70. The number of halogens is 1. The first-order valence-corrected chi connectivity index (χ1v) is 8.17. The highest BCUT2D eigenvalue weighted by molar-refractivity contribution is 8.03. The van der Waals surface area contributed by atoms with Gasteiger partial charge in [0, 0.05) is 35.5 Å². The molecule has 112 valence electrons. The van der Waals surface area contributed by atoms with Crippen LogP contribution in [0, 0.1) is 0 Å². The van der Waals surface area contributed by atoms with Crippen molar-refractivity contribution in [1.82, 2.24) is 4.90 Å². The van der Waals surface area contributed by atoms with Crippen molar-refractivity contribution in [2.75, 3.05) is 23.5 Å². The van der Waals surface area contributed by atoms with E-state index in [2.05, 4.69) is 5.32 Å². The van der Waals surface area contributed by atoms with Gasteiger partial charge in [-0.25, -0.2) is 0 Å². The first-order valence-electron chi connectivity index (χ1n) is 6.65. The molecule has 0 radical (unpaired) electrons. The van der Waals surface area contributed by atoms with Gasteiger partial charge < -0.3 is 10.2 Å². The molecular formula is C15H17ClN2O2S. The molecule has 0 aliphatic carbocycles. The Balaban J connectivity index is 2.09. The number of alkyl halides is 1. The van der Waals surface area contributed by atoms with E-state index in [0.717, 1.165) is 22.0 Å². The summed E-state index contributed by atoms with van der Waals surface area (Å²) in [5.41, 5.74) is 1.52. The van der Waals surface area contributed by atoms with E-state index in [1.165, 1.54) is 6.92 Å². The number of carbonyl (C=O) groups excluding carboxylic acids is 2. The van der Waals surface area contributed by atoms with Crippen LogP contribution in [0.4, 0.5) is 5.69 Å². The quantitative estimate of drug-likeness (QED) is 0.866. The van der Waals surface area contributed by atoms with E-state index in [-0.39, 0.29) is 24.1 Å². The number of benzene rings is 1. The summed E-state index contributed by atoms with van der Waals surface area (Å²) in [4.78, 5) is 26.3. The predicted octanol–water partition coefficient (Wildman–Crippen LogP) is 3.06. The molecule has 1 aliphatic heterocycles. The summed E-state index contributed by atoms with van der Waals surface area (Å²) in [5.74, 6) is 0.887. The fraction of sp³-hybridized carbons (Fsp3) is 0.333. The molecule has 2 rings (SSSR count). The molecule has 0 unspecified atom stereocenters. The van der Waals surface area contributed by atoms with Gasteiger partial charge >= 0.3 is 0 Å². The van der Waals surface area contributed by atoms with Crippen molar-refractivity contribution in [2.24, 2.45) is 0 Å². The Morgan fingerprint density at radius 3 is 2.67 bits per heavy atom. The van der Waals surface area contributed by atoms with E-state index in [1.807, 2.05) is 30.3 Å². The smallest absolute Gasteiger partial charge is 0.229 e. The average Bonchev–Trinajstić information content (AvgIpc) is 2.47.